The van der Waals surface area contributed by atoms with Crippen molar-refractivity contribution >= 4 is 34.8 Å². The van der Waals surface area contributed by atoms with E-state index in [1.807, 2.05) is 0 Å². The fourth-order valence-corrected chi connectivity index (χ4v) is 6.03. The molecule has 0 bridgehead atoms. The molecule has 2 aliphatic heterocycles. The summed E-state index contributed by atoms with van der Waals surface area (Å²) in [6.07, 6.45) is 1.61. The minimum absolute atomic E-state index is 0.0570. The highest BCUT2D eigenvalue weighted by Gasteiger charge is 2.34. The second-order valence-electron chi connectivity index (χ2n) is 9.76. The summed E-state index contributed by atoms with van der Waals surface area (Å²) >= 11 is 1.12. The maximum atomic E-state index is 13.9. The number of nitrogens with zero attached hydrogens (tertiary/aromatic N) is 4. The molecule has 2 aliphatic rings. The number of non-ortho nitro benzene ring substituents is 1. The Labute approximate surface area is 257 Å². The molecule has 0 radical (unpaired) electrons. The topological polar surface area (TPSA) is 175 Å². The molecule has 0 saturated carbocycles. The van der Waals surface area contributed by atoms with Gasteiger partial charge in [-0.05, 0) is 61.4 Å². The van der Waals surface area contributed by atoms with Crippen LogP contribution in [0, 0.1) is 20.2 Å². The third kappa shape index (κ3) is 5.51. The first-order chi connectivity index (χ1) is 21.6. The van der Waals surface area contributed by atoms with Crippen molar-refractivity contribution in [1.29, 1.82) is 0 Å². The van der Waals surface area contributed by atoms with Crippen LogP contribution in [0.3, 0.4) is 0 Å². The number of fused-ring (bicyclic) bond motifs is 2. The highest BCUT2D eigenvalue weighted by molar-refractivity contribution is 7.07. The fourth-order valence-electron chi connectivity index (χ4n) is 4.98. The lowest BCUT2D eigenvalue weighted by Crippen LogP contribution is -2.39. The van der Waals surface area contributed by atoms with E-state index < -0.39 is 38.8 Å². The van der Waals surface area contributed by atoms with Gasteiger partial charge >= 0.3 is 11.7 Å². The van der Waals surface area contributed by atoms with Gasteiger partial charge in [-0.1, -0.05) is 29.5 Å². The van der Waals surface area contributed by atoms with E-state index in [2.05, 4.69) is 4.99 Å². The Morgan fingerprint density at radius 2 is 1.89 bits per heavy atom. The van der Waals surface area contributed by atoms with E-state index >= 15 is 0 Å². The second-order valence-corrected chi connectivity index (χ2v) is 10.8. The van der Waals surface area contributed by atoms with Gasteiger partial charge in [0.15, 0.2) is 16.3 Å². The molecule has 228 valence electrons. The van der Waals surface area contributed by atoms with Crippen LogP contribution < -0.4 is 29.1 Å². The second kappa shape index (κ2) is 11.7. The molecule has 1 atom stereocenters. The molecule has 15 heteroatoms. The predicted molar refractivity (Wildman–Crippen MR) is 159 cm³/mol. The third-order valence-corrected chi connectivity index (χ3v) is 7.95. The number of ether oxygens (including phenoxy) is 4. The largest absolute Gasteiger partial charge is 0.463 e. The van der Waals surface area contributed by atoms with E-state index in [4.69, 9.17) is 18.9 Å². The molecule has 0 unspecified atom stereocenters. The van der Waals surface area contributed by atoms with E-state index in [0.29, 0.717) is 37.7 Å². The van der Waals surface area contributed by atoms with Gasteiger partial charge in [-0.2, -0.15) is 0 Å². The highest BCUT2D eigenvalue weighted by atomic mass is 32.1. The molecule has 0 saturated heterocycles. The van der Waals surface area contributed by atoms with Crippen molar-refractivity contribution in [1.82, 2.24) is 4.57 Å². The van der Waals surface area contributed by atoms with Crippen molar-refractivity contribution in [3.8, 4) is 23.0 Å². The van der Waals surface area contributed by atoms with Crippen molar-refractivity contribution < 1.29 is 33.6 Å². The van der Waals surface area contributed by atoms with Gasteiger partial charge in [-0.3, -0.25) is 29.6 Å². The smallest absolute Gasteiger partial charge is 0.338 e. The van der Waals surface area contributed by atoms with E-state index in [9.17, 15) is 29.8 Å². The SMILES string of the molecule is CCOC(=O)C1=C(C)N=c2s/c(=C\c3cccc(Oc4ccc([N+](=O)[O-])cc4[N+](=O)[O-])c3)c(=O)n2[C@@H]1c1ccc2c(c1)OCO2. The zero-order valence-corrected chi connectivity index (χ0v) is 24.4. The summed E-state index contributed by atoms with van der Waals surface area (Å²) in [5.74, 6) is 0.448. The van der Waals surface area contributed by atoms with Crippen molar-refractivity contribution in [2.24, 2.45) is 4.99 Å². The Bertz CT molecular complexity index is 2120. The molecule has 3 aromatic carbocycles. The Hall–Kier alpha value is -5.83. The average molecular weight is 631 g/mol. The summed E-state index contributed by atoms with van der Waals surface area (Å²) in [5.41, 5.74) is 0.331. The van der Waals surface area contributed by atoms with Crippen molar-refractivity contribution in [2.75, 3.05) is 13.4 Å². The third-order valence-electron chi connectivity index (χ3n) is 6.96. The van der Waals surface area contributed by atoms with Crippen molar-refractivity contribution in [3.05, 3.63) is 123 Å². The Morgan fingerprint density at radius 1 is 1.09 bits per heavy atom. The van der Waals surface area contributed by atoms with Gasteiger partial charge in [0, 0.05) is 6.07 Å². The van der Waals surface area contributed by atoms with Gasteiger partial charge in [0.05, 0.1) is 44.4 Å². The minimum Gasteiger partial charge on any atom is -0.463 e. The molecule has 0 N–H and O–H groups in total. The maximum absolute atomic E-state index is 13.9. The average Bonchev–Trinajstić information content (AvgIpc) is 3.60. The van der Waals surface area contributed by atoms with E-state index in [1.54, 1.807) is 62.4 Å². The molecule has 0 fully saturated rings. The normalized spacial score (nSPS) is 15.3. The number of nitro groups is 2. The number of hydrogen-bond acceptors (Lipinski definition) is 12. The van der Waals surface area contributed by atoms with Crippen LogP contribution in [0.15, 0.2) is 81.7 Å². The molecule has 6 rings (SSSR count). The van der Waals surface area contributed by atoms with Crippen molar-refractivity contribution in [2.45, 2.75) is 19.9 Å². The summed E-state index contributed by atoms with van der Waals surface area (Å²) in [6, 6.07) is 13.9. The lowest BCUT2D eigenvalue weighted by molar-refractivity contribution is -0.394. The zero-order chi connectivity index (χ0) is 31.8. The number of esters is 1. The number of aromatic nitrogens is 1. The van der Waals surface area contributed by atoms with Gasteiger partial charge in [-0.15, -0.1) is 0 Å². The molecule has 14 nitrogen and oxygen atoms in total. The standard InChI is InChI=1S/C30H22N4O10S/c1-3-41-29(36)26-16(2)31-30-32(27(26)18-7-9-23-24(13-18)43-15-42-23)28(35)25(45-30)12-17-5-4-6-20(11-17)44-22-10-8-19(33(37)38)14-21(22)34(39)40/h4-14,27H,3,15H2,1-2H3/b25-12-/t27-/m1/s1. The van der Waals surface area contributed by atoms with E-state index in [-0.39, 0.29) is 30.5 Å². The number of rotatable bonds is 8. The van der Waals surface area contributed by atoms with Crippen LogP contribution in [0.25, 0.3) is 6.08 Å². The number of carbonyl (C=O) groups excluding carboxylic acids is 1. The number of allylic oxidation sites excluding steroid dienone is 1. The van der Waals surface area contributed by atoms with Gasteiger partial charge in [0.25, 0.3) is 11.2 Å². The number of nitro benzene ring substituents is 2. The molecular formula is C30H22N4O10S. The fraction of sp³-hybridized carbons (Fsp3) is 0.167. The van der Waals surface area contributed by atoms with E-state index in [0.717, 1.165) is 29.5 Å². The number of benzene rings is 3. The first-order valence-corrected chi connectivity index (χ1v) is 14.3. The van der Waals surface area contributed by atoms with Crippen LogP contribution in [0.4, 0.5) is 11.4 Å². The summed E-state index contributed by atoms with van der Waals surface area (Å²) in [7, 11) is 0. The lowest BCUT2D eigenvalue weighted by Gasteiger charge is -2.24. The zero-order valence-electron chi connectivity index (χ0n) is 23.6. The Kier molecular flexibility index (Phi) is 7.60. The van der Waals surface area contributed by atoms with Gasteiger partial charge in [0.1, 0.15) is 5.75 Å². The predicted octanol–water partition coefficient (Wildman–Crippen LogP) is 4.14. The Morgan fingerprint density at radius 3 is 2.64 bits per heavy atom. The monoisotopic (exact) mass is 630 g/mol. The van der Waals surface area contributed by atoms with Crippen LogP contribution in [-0.2, 0) is 9.53 Å². The molecule has 45 heavy (non-hydrogen) atoms. The molecule has 0 spiro atoms. The summed E-state index contributed by atoms with van der Waals surface area (Å²) < 4.78 is 23.8. The first-order valence-electron chi connectivity index (χ1n) is 13.4. The lowest BCUT2D eigenvalue weighted by atomic mass is 9.95. The van der Waals surface area contributed by atoms with Gasteiger partial charge in [0.2, 0.25) is 12.5 Å². The summed E-state index contributed by atoms with van der Waals surface area (Å²) in [4.78, 5) is 53.1. The number of carbonyl (C=O) groups is 1. The molecule has 4 aromatic rings. The number of thiazole rings is 1. The molecule has 1 aromatic heterocycles. The van der Waals surface area contributed by atoms with Crippen LogP contribution in [0.5, 0.6) is 23.0 Å². The first kappa shape index (κ1) is 29.3. The summed E-state index contributed by atoms with van der Waals surface area (Å²) in [6.45, 7) is 3.56. The molecule has 3 heterocycles. The van der Waals surface area contributed by atoms with Crippen LogP contribution in [-0.4, -0.2) is 33.8 Å². The molecule has 0 amide bonds. The number of hydrogen-bond donors (Lipinski definition) is 0. The van der Waals surface area contributed by atoms with E-state index in [1.165, 1.54) is 4.57 Å². The molecular weight excluding hydrogens is 608 g/mol. The van der Waals surface area contributed by atoms with Crippen molar-refractivity contribution in [3.63, 3.8) is 0 Å². The molecule has 0 aliphatic carbocycles. The minimum atomic E-state index is -0.852. The van der Waals surface area contributed by atoms with Gasteiger partial charge in [-0.25, -0.2) is 9.79 Å². The van der Waals surface area contributed by atoms with Crippen LogP contribution >= 0.6 is 11.3 Å². The maximum Gasteiger partial charge on any atom is 0.338 e. The quantitative estimate of drug-likeness (QED) is 0.156. The highest BCUT2D eigenvalue weighted by Crippen LogP contribution is 2.38. The summed E-state index contributed by atoms with van der Waals surface area (Å²) in [5, 5.41) is 22.6. The van der Waals surface area contributed by atoms with Crippen LogP contribution in [0.2, 0.25) is 0 Å². The Balaban J connectivity index is 1.41. The van der Waals surface area contributed by atoms with Crippen LogP contribution in [0.1, 0.15) is 31.0 Å². The van der Waals surface area contributed by atoms with Gasteiger partial charge < -0.3 is 18.9 Å².